The first-order valence-corrected chi connectivity index (χ1v) is 36.9. The summed E-state index contributed by atoms with van der Waals surface area (Å²) in [7, 11) is 0. The van der Waals surface area contributed by atoms with Crippen molar-refractivity contribution in [2.75, 3.05) is 62.3 Å². The summed E-state index contributed by atoms with van der Waals surface area (Å²) in [5.41, 5.74) is 7.11. The first-order chi connectivity index (χ1) is 47.9. The van der Waals surface area contributed by atoms with Crippen LogP contribution >= 0.6 is 68.5 Å². The number of esters is 2. The summed E-state index contributed by atoms with van der Waals surface area (Å²) in [5, 5.41) is 16.5. The molecule has 4 saturated heterocycles. The number of benzene rings is 3. The Balaban J connectivity index is 0.000000156. The van der Waals surface area contributed by atoms with Crippen LogP contribution in [0.2, 0.25) is 10.0 Å². The number of aryl methyl sites for hydroxylation is 2. The van der Waals surface area contributed by atoms with Crippen LogP contribution in [0.4, 0.5) is 11.6 Å². The van der Waals surface area contributed by atoms with E-state index >= 15 is 0 Å². The lowest BCUT2D eigenvalue weighted by Gasteiger charge is -2.29. The third-order valence-corrected chi connectivity index (χ3v) is 24.7. The third kappa shape index (κ3) is 11.4. The number of amides is 4. The molecule has 510 valence electrons. The predicted molar refractivity (Wildman–Crippen MR) is 376 cm³/mol. The number of carbonyl (C=O) groups excluding carboxylic acids is 6. The fourth-order valence-electron chi connectivity index (χ4n) is 16.1. The molecule has 0 N–H and O–H groups in total. The van der Waals surface area contributed by atoms with Crippen molar-refractivity contribution in [3.8, 4) is 11.3 Å². The Hall–Kier alpha value is -7.93. The molecule has 6 fully saturated rings. The first-order valence-electron chi connectivity index (χ1n) is 33.3. The largest absolute Gasteiger partial charge is 0.459 e. The molecule has 8 unspecified atom stereocenters. The van der Waals surface area contributed by atoms with Gasteiger partial charge < -0.3 is 28.7 Å². The number of nitrogens with zero attached hydrogens (tertiary/aromatic N) is 14. The molecule has 24 nitrogen and oxygen atoms in total. The van der Waals surface area contributed by atoms with Crippen molar-refractivity contribution in [2.45, 2.75) is 116 Å². The number of halogens is 3. The van der Waals surface area contributed by atoms with Crippen molar-refractivity contribution in [1.29, 1.82) is 0 Å². The van der Waals surface area contributed by atoms with Gasteiger partial charge in [0, 0.05) is 105 Å². The highest BCUT2D eigenvalue weighted by molar-refractivity contribution is 14.1. The standard InChI is InChI=1S/C38H35Cl2N7O5S.C32H32IN7O5S/c1-20-18-53-37(41-20)38(19-46-35(49)22-8-3-4-9-23(22)36(46)50)25-13-14-45(16-26(25)38)33-28(17-52-21(2)48)42-32-31(24-10-7-11-27(39)30(24)40)44-47(34(32)43-33)29-12-5-6-15-51-29;1-17-15-46-31(34-17)32(16-39-29(42)19-7-3-4-8-20(19)30(39)43)21-10-11-38(13-22(21)32)27-23(14-45-18(2)41)35-25-26(33)37-40(28(25)36-27)24-9-5-6-12-44-24/h3-4,7-11,18,25-26,29H,5-6,12-17,19H2,1-2H3;3-4,7-8,15,21-22,24H,5-6,9-14,16H2,1-2H3. The molecule has 99 heavy (non-hydrogen) atoms. The summed E-state index contributed by atoms with van der Waals surface area (Å²) in [6.07, 6.45) is 6.64. The van der Waals surface area contributed by atoms with Gasteiger partial charge in [0.25, 0.3) is 23.6 Å². The maximum atomic E-state index is 13.6. The summed E-state index contributed by atoms with van der Waals surface area (Å²) >= 11 is 18.5. The summed E-state index contributed by atoms with van der Waals surface area (Å²) in [5.74, 6) is -0.0137. The van der Waals surface area contributed by atoms with Gasteiger partial charge in [0.15, 0.2) is 39.1 Å². The van der Waals surface area contributed by atoms with Gasteiger partial charge in [-0.25, -0.2) is 39.3 Å². The average molecular weight is 1530 g/mol. The van der Waals surface area contributed by atoms with E-state index in [1.807, 2.05) is 41.4 Å². The van der Waals surface area contributed by atoms with E-state index in [2.05, 4.69) is 32.4 Å². The first kappa shape index (κ1) is 65.7. The molecule has 2 aliphatic carbocycles. The van der Waals surface area contributed by atoms with E-state index in [4.69, 9.17) is 82.3 Å². The SMILES string of the molecule is CC(=O)OCc1nc2c(-c3cccc(Cl)c3Cl)nn(C3CCCCO3)c2nc1N1CCC2C(C1)C2(CN1C(=O)c2ccccc2C1=O)c1nc(C)cs1.CC(=O)OCc1nc2c(I)nn(C3CCCCO3)c2nc1N1CCC2C(C1)C2(CN1C(=O)c2ccccc2C1=O)c1nc(C)cs1. The van der Waals surface area contributed by atoms with Crippen LogP contribution < -0.4 is 9.80 Å². The second-order valence-electron chi connectivity index (χ2n) is 26.7. The van der Waals surface area contributed by atoms with Gasteiger partial charge in [0.05, 0.1) is 32.3 Å². The van der Waals surface area contributed by atoms with E-state index in [1.165, 1.54) is 23.6 Å². The predicted octanol–water partition coefficient (Wildman–Crippen LogP) is 11.7. The average Bonchev–Trinajstić information content (AvgIpc) is 1.52. The summed E-state index contributed by atoms with van der Waals surface area (Å²) in [6, 6.07) is 19.4. The second kappa shape index (κ2) is 25.9. The number of thiazole rings is 2. The molecular formula is C70H67Cl2IN14O10S2. The molecule has 8 aliphatic rings. The Morgan fingerprint density at radius 3 is 1.44 bits per heavy atom. The van der Waals surface area contributed by atoms with Gasteiger partial charge >= 0.3 is 11.9 Å². The number of anilines is 2. The normalized spacial score (nSPS) is 24.6. The summed E-state index contributed by atoms with van der Waals surface area (Å²) in [6.45, 7) is 10.9. The second-order valence-corrected chi connectivity index (χ2v) is 30.2. The fraction of sp³-hybridized carbons (Fsp3) is 0.429. The van der Waals surface area contributed by atoms with Gasteiger partial charge in [-0.2, -0.15) is 10.2 Å². The zero-order valence-electron chi connectivity index (χ0n) is 54.5. The van der Waals surface area contributed by atoms with E-state index in [0.29, 0.717) is 132 Å². The number of imide groups is 2. The number of aromatic nitrogens is 10. The van der Waals surface area contributed by atoms with Crippen molar-refractivity contribution in [3.05, 3.63) is 146 Å². The molecule has 6 aliphatic heterocycles. The molecule has 3 aromatic carbocycles. The van der Waals surface area contributed by atoms with Gasteiger partial charge in [-0.1, -0.05) is 59.6 Å². The molecule has 12 heterocycles. The molecular weight excluding hydrogens is 1460 g/mol. The maximum absolute atomic E-state index is 13.6. The van der Waals surface area contributed by atoms with Gasteiger partial charge in [0.1, 0.15) is 51.3 Å². The van der Waals surface area contributed by atoms with Crippen molar-refractivity contribution in [3.63, 3.8) is 0 Å². The van der Waals surface area contributed by atoms with Crippen LogP contribution in [0.15, 0.2) is 77.5 Å². The highest BCUT2D eigenvalue weighted by Crippen LogP contribution is 2.66. The van der Waals surface area contributed by atoms with Crippen LogP contribution in [0, 0.1) is 41.2 Å². The molecule has 4 amide bonds. The van der Waals surface area contributed by atoms with E-state index in [0.717, 1.165) is 72.8 Å². The molecule has 17 rings (SSSR count). The van der Waals surface area contributed by atoms with Crippen LogP contribution in [-0.4, -0.2) is 147 Å². The van der Waals surface area contributed by atoms with E-state index in [-0.39, 0.29) is 86.1 Å². The zero-order valence-corrected chi connectivity index (χ0v) is 59.8. The van der Waals surface area contributed by atoms with E-state index in [1.54, 1.807) is 82.0 Å². The molecule has 29 heteroatoms. The third-order valence-electron chi connectivity index (χ3n) is 20.9. The Morgan fingerprint density at radius 1 is 0.566 bits per heavy atom. The Kier molecular flexibility index (Phi) is 17.2. The fourth-order valence-corrected chi connectivity index (χ4v) is 19.3. The lowest BCUT2D eigenvalue weighted by atomic mass is 10.0. The molecule has 6 aromatic heterocycles. The lowest BCUT2D eigenvalue weighted by Crippen LogP contribution is -2.39. The van der Waals surface area contributed by atoms with Crippen molar-refractivity contribution in [1.82, 2.24) is 59.3 Å². The zero-order chi connectivity index (χ0) is 68.3. The van der Waals surface area contributed by atoms with Gasteiger partial charge in [-0.3, -0.25) is 38.6 Å². The quantitative estimate of drug-likeness (QED) is 0.0524. The van der Waals surface area contributed by atoms with E-state index < -0.39 is 22.8 Å². The summed E-state index contributed by atoms with van der Waals surface area (Å²) < 4.78 is 27.6. The van der Waals surface area contributed by atoms with Crippen LogP contribution in [0.1, 0.15) is 152 Å². The van der Waals surface area contributed by atoms with Crippen LogP contribution in [0.5, 0.6) is 0 Å². The molecule has 0 bridgehead atoms. The molecule has 2 saturated carbocycles. The number of piperidine rings is 2. The number of ether oxygens (including phenoxy) is 4. The highest BCUT2D eigenvalue weighted by Gasteiger charge is 2.71. The van der Waals surface area contributed by atoms with Crippen LogP contribution in [0.25, 0.3) is 33.6 Å². The van der Waals surface area contributed by atoms with Crippen molar-refractivity contribution >= 4 is 138 Å². The van der Waals surface area contributed by atoms with Gasteiger partial charge in [-0.15, -0.1) is 22.7 Å². The van der Waals surface area contributed by atoms with Crippen LogP contribution in [0.3, 0.4) is 0 Å². The molecule has 8 atom stereocenters. The minimum Gasteiger partial charge on any atom is -0.459 e. The number of rotatable bonds is 15. The van der Waals surface area contributed by atoms with Crippen LogP contribution in [-0.2, 0) is 52.6 Å². The number of hydrogen-bond donors (Lipinski definition) is 0. The number of hydrogen-bond acceptors (Lipinski definition) is 22. The Bertz CT molecular complexity index is 4750. The molecule has 9 aromatic rings. The van der Waals surface area contributed by atoms with Crippen molar-refractivity contribution < 1.29 is 47.7 Å². The lowest BCUT2D eigenvalue weighted by molar-refractivity contribution is -0.143. The minimum atomic E-state index is -0.511. The Morgan fingerprint density at radius 2 is 1.01 bits per heavy atom. The topological polar surface area (TPSA) is 265 Å². The molecule has 0 spiro atoms. The van der Waals surface area contributed by atoms with Crippen molar-refractivity contribution in [2.24, 2.45) is 23.7 Å². The smallest absolute Gasteiger partial charge is 0.303 e. The number of fused-ring (bicyclic) bond motifs is 6. The number of carbonyl (C=O) groups is 6. The monoisotopic (exact) mass is 1520 g/mol. The maximum Gasteiger partial charge on any atom is 0.303 e. The highest BCUT2D eigenvalue weighted by atomic mass is 127. The van der Waals surface area contributed by atoms with Gasteiger partial charge in [-0.05, 0) is 142 Å². The Labute approximate surface area is 599 Å². The molecule has 0 radical (unpaired) electrons. The van der Waals surface area contributed by atoms with Gasteiger partial charge in [0.2, 0.25) is 0 Å². The van der Waals surface area contributed by atoms with E-state index in [9.17, 15) is 28.8 Å². The summed E-state index contributed by atoms with van der Waals surface area (Å²) in [4.78, 5) is 116. The minimum absolute atomic E-state index is 0.00868.